The normalized spacial score (nSPS) is 16.7. The molecule has 8 heteroatoms. The molecule has 0 saturated carbocycles. The number of aromatic nitrogens is 4. The number of amides is 1. The zero-order valence-corrected chi connectivity index (χ0v) is 15.9. The Morgan fingerprint density at radius 2 is 2.23 bits per heavy atom. The van der Waals surface area contributed by atoms with Crippen LogP contribution in [0.3, 0.4) is 0 Å². The number of ether oxygens (including phenoxy) is 1. The molecule has 1 atom stereocenters. The van der Waals surface area contributed by atoms with Crippen LogP contribution in [0.25, 0.3) is 5.69 Å². The van der Waals surface area contributed by atoms with E-state index in [1.165, 1.54) is 30.2 Å². The lowest BCUT2D eigenvalue weighted by Gasteiger charge is -2.10. The Kier molecular flexibility index (Phi) is 7.02. The maximum atomic E-state index is 12.0. The van der Waals surface area contributed by atoms with Crippen molar-refractivity contribution in [1.29, 1.82) is 0 Å². The Hall–Kier alpha value is -1.93. The second-order valence-corrected chi connectivity index (χ2v) is 7.31. The summed E-state index contributed by atoms with van der Waals surface area (Å²) in [6.45, 7) is 3.56. The van der Waals surface area contributed by atoms with Gasteiger partial charge in [0.15, 0.2) is 0 Å². The summed E-state index contributed by atoms with van der Waals surface area (Å²) in [7, 11) is 0. The van der Waals surface area contributed by atoms with E-state index in [2.05, 4.69) is 39.9 Å². The highest BCUT2D eigenvalue weighted by Gasteiger charge is 2.17. The van der Waals surface area contributed by atoms with Crippen molar-refractivity contribution >= 4 is 17.7 Å². The Balaban J connectivity index is 1.52. The Morgan fingerprint density at radius 1 is 1.38 bits per heavy atom. The van der Waals surface area contributed by atoms with Crippen molar-refractivity contribution in [2.45, 2.75) is 50.3 Å². The van der Waals surface area contributed by atoms with Crippen LogP contribution >= 0.6 is 11.8 Å². The molecular weight excluding hydrogens is 350 g/mol. The number of unbranched alkanes of at least 4 members (excludes halogenated alkanes) is 1. The molecule has 2 aromatic rings. The highest BCUT2D eigenvalue weighted by molar-refractivity contribution is 7.99. The van der Waals surface area contributed by atoms with Gasteiger partial charge in [-0.05, 0) is 53.8 Å². The number of aryl methyl sites for hydroxylation is 1. The Labute approximate surface area is 157 Å². The molecule has 1 aliphatic rings. The number of nitrogens with zero attached hydrogens (tertiary/aromatic N) is 4. The molecule has 1 aromatic heterocycles. The van der Waals surface area contributed by atoms with Crippen molar-refractivity contribution in [3.63, 3.8) is 0 Å². The molecular formula is C18H25N5O2S. The van der Waals surface area contributed by atoms with E-state index in [0.717, 1.165) is 31.6 Å². The summed E-state index contributed by atoms with van der Waals surface area (Å²) in [4.78, 5) is 12.0. The molecule has 1 unspecified atom stereocenters. The fraction of sp³-hybridized carbons (Fsp3) is 0.556. The van der Waals surface area contributed by atoms with Crippen LogP contribution in [0.2, 0.25) is 0 Å². The summed E-state index contributed by atoms with van der Waals surface area (Å²) >= 11 is 1.33. The van der Waals surface area contributed by atoms with E-state index < -0.39 is 0 Å². The maximum Gasteiger partial charge on any atom is 0.230 e. The van der Waals surface area contributed by atoms with Crippen molar-refractivity contribution in [3.05, 3.63) is 29.8 Å². The van der Waals surface area contributed by atoms with E-state index in [1.54, 1.807) is 4.68 Å². The molecule has 3 rings (SSSR count). The van der Waals surface area contributed by atoms with Crippen LogP contribution in [0.5, 0.6) is 0 Å². The van der Waals surface area contributed by atoms with Crippen molar-refractivity contribution in [2.24, 2.45) is 0 Å². The third-order valence-corrected chi connectivity index (χ3v) is 5.24. The van der Waals surface area contributed by atoms with E-state index in [9.17, 15) is 4.79 Å². The fourth-order valence-corrected chi connectivity index (χ4v) is 3.55. The summed E-state index contributed by atoms with van der Waals surface area (Å²) in [6, 6.07) is 8.25. The van der Waals surface area contributed by atoms with E-state index in [0.29, 0.717) is 11.7 Å². The summed E-state index contributed by atoms with van der Waals surface area (Å²) < 4.78 is 7.18. The minimum absolute atomic E-state index is 0.0324. The molecule has 1 aromatic carbocycles. The zero-order chi connectivity index (χ0) is 18.2. The molecule has 140 valence electrons. The SMILES string of the molecule is CCCCc1ccc(-n2nnnc2SCC(=O)NCC2CCCO2)cc1. The highest BCUT2D eigenvalue weighted by Crippen LogP contribution is 2.19. The molecule has 2 heterocycles. The molecule has 1 N–H and O–H groups in total. The lowest BCUT2D eigenvalue weighted by atomic mass is 10.1. The minimum Gasteiger partial charge on any atom is -0.376 e. The van der Waals surface area contributed by atoms with E-state index in [1.807, 2.05) is 12.1 Å². The predicted octanol–water partition coefficient (Wildman–Crippen LogP) is 2.39. The van der Waals surface area contributed by atoms with Crippen LogP contribution in [0.1, 0.15) is 38.2 Å². The molecule has 0 bridgehead atoms. The van der Waals surface area contributed by atoms with Crippen molar-refractivity contribution in [3.8, 4) is 5.69 Å². The van der Waals surface area contributed by atoms with Gasteiger partial charge < -0.3 is 10.1 Å². The monoisotopic (exact) mass is 375 g/mol. The highest BCUT2D eigenvalue weighted by atomic mass is 32.2. The van der Waals surface area contributed by atoms with Gasteiger partial charge in [0.2, 0.25) is 11.1 Å². The second-order valence-electron chi connectivity index (χ2n) is 6.37. The standard InChI is InChI=1S/C18H25N5O2S/c1-2-3-5-14-7-9-15(10-8-14)23-18(20-21-22-23)26-13-17(24)19-12-16-6-4-11-25-16/h7-10,16H,2-6,11-13H2,1H3,(H,19,24). The number of carbonyl (C=O) groups is 1. The number of carbonyl (C=O) groups excluding carboxylic acids is 1. The maximum absolute atomic E-state index is 12.0. The average molecular weight is 375 g/mol. The van der Waals surface area contributed by atoms with Crippen LogP contribution in [0.4, 0.5) is 0 Å². The number of hydrogen-bond acceptors (Lipinski definition) is 6. The van der Waals surface area contributed by atoms with E-state index in [-0.39, 0.29) is 17.8 Å². The summed E-state index contributed by atoms with van der Waals surface area (Å²) in [5.74, 6) is 0.247. The molecule has 1 saturated heterocycles. The molecule has 0 aliphatic carbocycles. The number of benzene rings is 1. The van der Waals surface area contributed by atoms with Crippen LogP contribution < -0.4 is 5.32 Å². The first-order valence-electron chi connectivity index (χ1n) is 9.15. The average Bonchev–Trinajstić information content (AvgIpc) is 3.35. The lowest BCUT2D eigenvalue weighted by Crippen LogP contribution is -2.32. The van der Waals surface area contributed by atoms with Crippen LogP contribution in [0, 0.1) is 0 Å². The molecule has 0 spiro atoms. The van der Waals surface area contributed by atoms with Gasteiger partial charge in [-0.1, -0.05) is 37.2 Å². The number of hydrogen-bond donors (Lipinski definition) is 1. The quantitative estimate of drug-likeness (QED) is 0.678. The third-order valence-electron chi connectivity index (χ3n) is 4.32. The second kappa shape index (κ2) is 9.68. The summed E-state index contributed by atoms with van der Waals surface area (Å²) in [5, 5.41) is 15.4. The molecule has 0 radical (unpaired) electrons. The van der Waals surface area contributed by atoms with E-state index >= 15 is 0 Å². The van der Waals surface area contributed by atoms with Crippen molar-refractivity contribution in [2.75, 3.05) is 18.9 Å². The number of tetrazole rings is 1. The third kappa shape index (κ3) is 5.28. The zero-order valence-electron chi connectivity index (χ0n) is 15.1. The largest absolute Gasteiger partial charge is 0.376 e. The van der Waals surface area contributed by atoms with Crippen LogP contribution in [-0.4, -0.2) is 51.1 Å². The molecule has 26 heavy (non-hydrogen) atoms. The first kappa shape index (κ1) is 18.8. The van der Waals surface area contributed by atoms with Crippen LogP contribution in [0.15, 0.2) is 29.4 Å². The first-order valence-corrected chi connectivity index (χ1v) is 10.1. The number of rotatable bonds is 9. The predicted molar refractivity (Wildman–Crippen MR) is 100 cm³/mol. The first-order chi connectivity index (χ1) is 12.8. The Bertz CT molecular complexity index is 698. The Morgan fingerprint density at radius 3 is 2.96 bits per heavy atom. The minimum atomic E-state index is -0.0324. The molecule has 7 nitrogen and oxygen atoms in total. The summed E-state index contributed by atoms with van der Waals surface area (Å²) in [5.41, 5.74) is 2.21. The van der Waals surface area contributed by atoms with Gasteiger partial charge in [0.25, 0.3) is 0 Å². The van der Waals surface area contributed by atoms with Gasteiger partial charge in [0.1, 0.15) is 0 Å². The van der Waals surface area contributed by atoms with Gasteiger partial charge in [0, 0.05) is 13.2 Å². The van der Waals surface area contributed by atoms with Gasteiger partial charge in [0.05, 0.1) is 17.5 Å². The molecule has 1 aliphatic heterocycles. The molecule has 1 amide bonds. The lowest BCUT2D eigenvalue weighted by molar-refractivity contribution is -0.119. The van der Waals surface area contributed by atoms with Crippen LogP contribution in [-0.2, 0) is 16.0 Å². The number of thioether (sulfide) groups is 1. The van der Waals surface area contributed by atoms with Crippen molar-refractivity contribution < 1.29 is 9.53 Å². The molecule has 1 fully saturated rings. The van der Waals surface area contributed by atoms with Gasteiger partial charge in [-0.3, -0.25) is 4.79 Å². The van der Waals surface area contributed by atoms with Gasteiger partial charge in [-0.25, -0.2) is 0 Å². The fourth-order valence-electron chi connectivity index (χ4n) is 2.83. The van der Waals surface area contributed by atoms with Gasteiger partial charge >= 0.3 is 0 Å². The van der Waals surface area contributed by atoms with Gasteiger partial charge in [-0.2, -0.15) is 4.68 Å². The topological polar surface area (TPSA) is 81.9 Å². The van der Waals surface area contributed by atoms with Crippen molar-refractivity contribution in [1.82, 2.24) is 25.5 Å². The smallest absolute Gasteiger partial charge is 0.230 e. The number of nitrogens with one attached hydrogen (secondary N) is 1. The van der Waals surface area contributed by atoms with Gasteiger partial charge in [-0.15, -0.1) is 5.10 Å². The summed E-state index contributed by atoms with van der Waals surface area (Å²) in [6.07, 6.45) is 5.69. The van der Waals surface area contributed by atoms with E-state index in [4.69, 9.17) is 4.74 Å².